The topological polar surface area (TPSA) is 46.2 Å². The zero-order valence-electron chi connectivity index (χ0n) is 8.70. The molecule has 0 amide bonds. The summed E-state index contributed by atoms with van der Waals surface area (Å²) in [6, 6.07) is 7.39. The molecule has 1 atom stereocenters. The lowest BCUT2D eigenvalue weighted by Crippen LogP contribution is -2.28. The average molecular weight is 292 g/mol. The predicted octanol–water partition coefficient (Wildman–Crippen LogP) is 2.45. The van der Waals surface area contributed by atoms with E-state index in [-0.39, 0.29) is 11.8 Å². The van der Waals surface area contributed by atoms with E-state index in [9.17, 15) is 8.42 Å². The van der Waals surface area contributed by atoms with Crippen molar-refractivity contribution in [3.8, 4) is 0 Å². The summed E-state index contributed by atoms with van der Waals surface area (Å²) >= 11 is 3.35. The summed E-state index contributed by atoms with van der Waals surface area (Å²) in [7, 11) is -3.15. The van der Waals surface area contributed by atoms with E-state index in [2.05, 4.69) is 20.7 Å². The standard InChI is InChI=1S/C10H14BrNO2S/c1-3-15(13,14)12-8(2)9-5-4-6-10(11)7-9/h4-8,12H,3H2,1-2H3. The van der Waals surface area contributed by atoms with Crippen molar-refractivity contribution in [3.05, 3.63) is 34.3 Å². The maximum absolute atomic E-state index is 11.3. The van der Waals surface area contributed by atoms with E-state index >= 15 is 0 Å². The van der Waals surface area contributed by atoms with Crippen molar-refractivity contribution in [2.75, 3.05) is 5.75 Å². The second-order valence-electron chi connectivity index (χ2n) is 3.30. The van der Waals surface area contributed by atoms with Crippen LogP contribution in [0.5, 0.6) is 0 Å². The zero-order valence-corrected chi connectivity index (χ0v) is 11.1. The molecule has 0 saturated heterocycles. The van der Waals surface area contributed by atoms with E-state index in [0.29, 0.717) is 0 Å². The molecule has 15 heavy (non-hydrogen) atoms. The Hall–Kier alpha value is -0.390. The molecule has 0 heterocycles. The van der Waals surface area contributed by atoms with Gasteiger partial charge in [-0.1, -0.05) is 28.1 Å². The molecule has 0 fully saturated rings. The summed E-state index contributed by atoms with van der Waals surface area (Å²) in [6.45, 7) is 3.45. The first kappa shape index (κ1) is 12.7. The summed E-state index contributed by atoms with van der Waals surface area (Å²) in [5.41, 5.74) is 0.946. The van der Waals surface area contributed by atoms with Crippen LogP contribution >= 0.6 is 15.9 Å². The molecule has 0 saturated carbocycles. The van der Waals surface area contributed by atoms with E-state index in [1.54, 1.807) is 6.92 Å². The van der Waals surface area contributed by atoms with Crippen molar-refractivity contribution >= 4 is 26.0 Å². The van der Waals surface area contributed by atoms with Crippen molar-refractivity contribution in [1.82, 2.24) is 4.72 Å². The molecule has 0 spiro atoms. The van der Waals surface area contributed by atoms with Crippen molar-refractivity contribution < 1.29 is 8.42 Å². The molecule has 84 valence electrons. The van der Waals surface area contributed by atoms with Crippen LogP contribution in [0.2, 0.25) is 0 Å². The second-order valence-corrected chi connectivity index (χ2v) is 6.26. The van der Waals surface area contributed by atoms with E-state index in [0.717, 1.165) is 10.0 Å². The molecular weight excluding hydrogens is 278 g/mol. The number of halogens is 1. The van der Waals surface area contributed by atoms with Crippen LogP contribution in [0, 0.1) is 0 Å². The van der Waals surface area contributed by atoms with Crippen LogP contribution in [-0.2, 0) is 10.0 Å². The van der Waals surface area contributed by atoms with Crippen LogP contribution < -0.4 is 4.72 Å². The van der Waals surface area contributed by atoms with Crippen LogP contribution in [0.15, 0.2) is 28.7 Å². The molecule has 1 aromatic rings. The van der Waals surface area contributed by atoms with E-state index in [1.165, 1.54) is 0 Å². The van der Waals surface area contributed by atoms with Gasteiger partial charge in [-0.25, -0.2) is 13.1 Å². The van der Waals surface area contributed by atoms with Crippen molar-refractivity contribution in [2.24, 2.45) is 0 Å². The summed E-state index contributed by atoms with van der Waals surface area (Å²) in [6.07, 6.45) is 0. The fourth-order valence-corrected chi connectivity index (χ4v) is 2.46. The number of sulfonamides is 1. The summed E-state index contributed by atoms with van der Waals surface area (Å²) in [5.74, 6) is 0.103. The molecule has 5 heteroatoms. The van der Waals surface area contributed by atoms with Gasteiger partial charge < -0.3 is 0 Å². The van der Waals surface area contributed by atoms with E-state index in [1.807, 2.05) is 31.2 Å². The van der Waals surface area contributed by atoms with Crippen LogP contribution in [0.4, 0.5) is 0 Å². The van der Waals surface area contributed by atoms with Crippen LogP contribution in [-0.4, -0.2) is 14.2 Å². The Bertz CT molecular complexity index is 431. The smallest absolute Gasteiger partial charge is 0.211 e. The first-order valence-electron chi connectivity index (χ1n) is 4.70. The van der Waals surface area contributed by atoms with E-state index < -0.39 is 10.0 Å². The minimum atomic E-state index is -3.15. The highest BCUT2D eigenvalue weighted by Gasteiger charge is 2.13. The molecular formula is C10H14BrNO2S. The van der Waals surface area contributed by atoms with Gasteiger partial charge in [0.1, 0.15) is 0 Å². The highest BCUT2D eigenvalue weighted by molar-refractivity contribution is 9.10. The van der Waals surface area contributed by atoms with Gasteiger partial charge >= 0.3 is 0 Å². The molecule has 0 aliphatic carbocycles. The normalized spacial score (nSPS) is 13.8. The van der Waals surface area contributed by atoms with Gasteiger partial charge in [0.2, 0.25) is 10.0 Å². The molecule has 0 aliphatic rings. The zero-order chi connectivity index (χ0) is 11.5. The minimum absolute atomic E-state index is 0.103. The van der Waals surface area contributed by atoms with Gasteiger partial charge in [0.15, 0.2) is 0 Å². The summed E-state index contributed by atoms with van der Waals surface area (Å²) in [4.78, 5) is 0. The Balaban J connectivity index is 2.82. The van der Waals surface area contributed by atoms with Crippen LogP contribution in [0.25, 0.3) is 0 Å². The third kappa shape index (κ3) is 3.93. The Morgan fingerprint density at radius 3 is 2.67 bits per heavy atom. The maximum atomic E-state index is 11.3. The first-order chi connectivity index (χ1) is 6.94. The Kier molecular flexibility index (Phi) is 4.31. The lowest BCUT2D eigenvalue weighted by atomic mass is 10.1. The van der Waals surface area contributed by atoms with Gasteiger partial charge in [0.05, 0.1) is 5.75 Å². The third-order valence-electron chi connectivity index (χ3n) is 2.09. The molecule has 1 unspecified atom stereocenters. The average Bonchev–Trinajstić information content (AvgIpc) is 2.17. The maximum Gasteiger partial charge on any atom is 0.211 e. The molecule has 1 aromatic carbocycles. The second kappa shape index (κ2) is 5.09. The SMILES string of the molecule is CCS(=O)(=O)NC(C)c1cccc(Br)c1. The monoisotopic (exact) mass is 291 g/mol. The molecule has 0 aliphatic heterocycles. The van der Waals surface area contributed by atoms with Gasteiger partial charge in [-0.2, -0.15) is 0 Å². The minimum Gasteiger partial charge on any atom is -0.212 e. The highest BCUT2D eigenvalue weighted by atomic mass is 79.9. The largest absolute Gasteiger partial charge is 0.212 e. The van der Waals surface area contributed by atoms with Crippen LogP contribution in [0.1, 0.15) is 25.5 Å². The molecule has 1 N–H and O–H groups in total. The Morgan fingerprint density at radius 2 is 2.13 bits per heavy atom. The first-order valence-corrected chi connectivity index (χ1v) is 7.14. The summed E-state index contributed by atoms with van der Waals surface area (Å²) < 4.78 is 26.2. The Labute approximate surface area is 99.1 Å². The molecule has 3 nitrogen and oxygen atoms in total. The van der Waals surface area contributed by atoms with Gasteiger partial charge in [-0.15, -0.1) is 0 Å². The number of rotatable bonds is 4. The number of benzene rings is 1. The van der Waals surface area contributed by atoms with Crippen molar-refractivity contribution in [2.45, 2.75) is 19.9 Å². The fraction of sp³-hybridized carbons (Fsp3) is 0.400. The van der Waals surface area contributed by atoms with Crippen molar-refractivity contribution in [1.29, 1.82) is 0 Å². The molecule has 1 rings (SSSR count). The molecule has 0 aromatic heterocycles. The van der Waals surface area contributed by atoms with E-state index in [4.69, 9.17) is 0 Å². The Morgan fingerprint density at radius 1 is 1.47 bits per heavy atom. The predicted molar refractivity (Wildman–Crippen MR) is 65.2 cm³/mol. The highest BCUT2D eigenvalue weighted by Crippen LogP contribution is 2.18. The quantitative estimate of drug-likeness (QED) is 0.926. The molecule has 0 radical (unpaired) electrons. The van der Waals surface area contributed by atoms with Gasteiger partial charge in [0.25, 0.3) is 0 Å². The number of hydrogen-bond donors (Lipinski definition) is 1. The van der Waals surface area contributed by atoms with Crippen LogP contribution in [0.3, 0.4) is 0 Å². The molecule has 0 bridgehead atoms. The van der Waals surface area contributed by atoms with Gasteiger partial charge in [-0.05, 0) is 31.5 Å². The van der Waals surface area contributed by atoms with Gasteiger partial charge in [-0.3, -0.25) is 0 Å². The lowest BCUT2D eigenvalue weighted by Gasteiger charge is -2.13. The summed E-state index contributed by atoms with van der Waals surface area (Å²) in [5, 5.41) is 0. The van der Waals surface area contributed by atoms with Crippen molar-refractivity contribution in [3.63, 3.8) is 0 Å². The van der Waals surface area contributed by atoms with Gasteiger partial charge in [0, 0.05) is 10.5 Å². The number of nitrogens with one attached hydrogen (secondary N) is 1. The number of hydrogen-bond acceptors (Lipinski definition) is 2. The fourth-order valence-electron chi connectivity index (χ4n) is 1.20. The lowest BCUT2D eigenvalue weighted by molar-refractivity contribution is 0.568. The third-order valence-corrected chi connectivity index (χ3v) is 4.05.